The van der Waals surface area contributed by atoms with E-state index in [2.05, 4.69) is 0 Å². The number of aliphatic carboxylic acids is 1. The van der Waals surface area contributed by atoms with Crippen LogP contribution in [-0.2, 0) is 9.53 Å². The molecule has 0 radical (unpaired) electrons. The third kappa shape index (κ3) is 1.86. The number of hydrogen-bond acceptors (Lipinski definition) is 6. The summed E-state index contributed by atoms with van der Waals surface area (Å²) in [5.74, 6) is -1.40. The number of nitrogens with two attached hydrogens (primary N) is 1. The largest absolute Gasteiger partial charge is 0.479 e. The molecule has 0 bridgehead atoms. The Morgan fingerprint density at radius 2 is 1.79 bits per heavy atom. The zero-order valence-corrected chi connectivity index (χ0v) is 7.28. The van der Waals surface area contributed by atoms with Gasteiger partial charge in [0.15, 0.2) is 6.10 Å². The van der Waals surface area contributed by atoms with E-state index in [1.807, 2.05) is 0 Å². The Labute approximate surface area is 79.7 Å². The van der Waals surface area contributed by atoms with Crippen molar-refractivity contribution >= 4 is 5.97 Å². The highest BCUT2D eigenvalue weighted by Crippen LogP contribution is 2.20. The summed E-state index contributed by atoms with van der Waals surface area (Å²) in [4.78, 5) is 10.6. The molecule has 1 aliphatic rings. The number of carboxylic acid groups (broad SMARTS) is 1. The van der Waals surface area contributed by atoms with Crippen molar-refractivity contribution in [1.29, 1.82) is 0 Å². The van der Waals surface area contributed by atoms with E-state index >= 15 is 0 Å². The Kier molecular flexibility index (Phi) is 3.40. The van der Waals surface area contributed by atoms with E-state index in [9.17, 15) is 20.1 Å². The van der Waals surface area contributed by atoms with Gasteiger partial charge in [0.05, 0.1) is 6.10 Å². The first-order chi connectivity index (χ1) is 6.49. The van der Waals surface area contributed by atoms with E-state index in [0.717, 1.165) is 0 Å². The van der Waals surface area contributed by atoms with E-state index < -0.39 is 36.5 Å². The van der Waals surface area contributed by atoms with Crippen LogP contribution in [0.2, 0.25) is 0 Å². The van der Waals surface area contributed by atoms with Crippen LogP contribution in [-0.4, -0.2) is 63.5 Å². The maximum Gasteiger partial charge on any atom is 0.335 e. The Balaban J connectivity index is 2.78. The number of ether oxygens (including phenoxy) is 1. The van der Waals surface area contributed by atoms with Gasteiger partial charge in [0.1, 0.15) is 18.3 Å². The molecule has 0 saturated carbocycles. The van der Waals surface area contributed by atoms with Gasteiger partial charge in [0.2, 0.25) is 0 Å². The molecule has 5 atom stereocenters. The normalized spacial score (nSPS) is 43.6. The minimum atomic E-state index is -1.65. The first-order valence-corrected chi connectivity index (χ1v) is 4.11. The van der Waals surface area contributed by atoms with Crippen molar-refractivity contribution < 1.29 is 30.0 Å². The Bertz CT molecular complexity index is 220. The van der Waals surface area contributed by atoms with E-state index in [4.69, 9.17) is 15.6 Å². The fourth-order valence-electron chi connectivity index (χ4n) is 1.35. The van der Waals surface area contributed by atoms with E-state index in [-0.39, 0.29) is 6.54 Å². The summed E-state index contributed by atoms with van der Waals surface area (Å²) >= 11 is 0. The van der Waals surface area contributed by atoms with Gasteiger partial charge >= 0.3 is 5.97 Å². The molecular weight excluding hydrogens is 194 g/mol. The summed E-state index contributed by atoms with van der Waals surface area (Å²) in [6.45, 7) is -0.130. The van der Waals surface area contributed by atoms with Crippen LogP contribution >= 0.6 is 0 Å². The monoisotopic (exact) mass is 207 g/mol. The van der Waals surface area contributed by atoms with Crippen LogP contribution in [0.3, 0.4) is 0 Å². The molecule has 0 aliphatic carbocycles. The Hall–Kier alpha value is -0.730. The maximum atomic E-state index is 10.6. The minimum Gasteiger partial charge on any atom is -0.479 e. The Morgan fingerprint density at radius 1 is 1.21 bits per heavy atom. The highest BCUT2D eigenvalue weighted by Gasteiger charge is 2.46. The molecule has 0 amide bonds. The number of carboxylic acids is 1. The highest BCUT2D eigenvalue weighted by atomic mass is 16.6. The summed E-state index contributed by atoms with van der Waals surface area (Å²) in [6.07, 6.45) is -7.11. The van der Waals surface area contributed by atoms with Gasteiger partial charge in [-0.3, -0.25) is 0 Å². The van der Waals surface area contributed by atoms with E-state index in [0.29, 0.717) is 0 Å². The second kappa shape index (κ2) is 4.20. The number of hydrogen-bond donors (Lipinski definition) is 5. The summed E-state index contributed by atoms with van der Waals surface area (Å²) in [5.41, 5.74) is 5.19. The molecule has 0 unspecified atom stereocenters. The van der Waals surface area contributed by atoms with Crippen LogP contribution in [0, 0.1) is 0 Å². The third-order valence-electron chi connectivity index (χ3n) is 2.19. The topological polar surface area (TPSA) is 133 Å². The van der Waals surface area contributed by atoms with Gasteiger partial charge in [0.25, 0.3) is 0 Å². The molecule has 0 aromatic heterocycles. The zero-order chi connectivity index (χ0) is 10.9. The zero-order valence-electron chi connectivity index (χ0n) is 7.28. The lowest BCUT2D eigenvalue weighted by Gasteiger charge is -2.38. The SMILES string of the molecule is NC[C@H]1O[C@@H](C(=O)O)[C@@H](O)[C@@H](O)[C@@H]1O. The van der Waals surface area contributed by atoms with Crippen LogP contribution in [0.4, 0.5) is 0 Å². The number of aliphatic hydroxyl groups excluding tert-OH is 3. The molecule has 7 nitrogen and oxygen atoms in total. The molecule has 82 valence electrons. The van der Waals surface area contributed by atoms with Gasteiger partial charge in [-0.25, -0.2) is 4.79 Å². The minimum absolute atomic E-state index is 0.130. The van der Waals surface area contributed by atoms with Gasteiger partial charge in [0, 0.05) is 6.54 Å². The van der Waals surface area contributed by atoms with Crippen molar-refractivity contribution in [3.05, 3.63) is 0 Å². The van der Waals surface area contributed by atoms with Gasteiger partial charge in [-0.05, 0) is 0 Å². The lowest BCUT2D eigenvalue weighted by Crippen LogP contribution is -2.61. The third-order valence-corrected chi connectivity index (χ3v) is 2.19. The molecule has 1 rings (SSSR count). The summed E-state index contributed by atoms with van der Waals surface area (Å²) in [5, 5.41) is 36.4. The smallest absolute Gasteiger partial charge is 0.335 e. The molecule has 1 aliphatic heterocycles. The number of rotatable bonds is 2. The Morgan fingerprint density at radius 3 is 2.21 bits per heavy atom. The molecule has 0 aromatic carbocycles. The van der Waals surface area contributed by atoms with Crippen molar-refractivity contribution in [2.24, 2.45) is 5.73 Å². The van der Waals surface area contributed by atoms with Gasteiger partial charge < -0.3 is 30.9 Å². The van der Waals surface area contributed by atoms with Crippen molar-refractivity contribution in [1.82, 2.24) is 0 Å². The lowest BCUT2D eigenvalue weighted by molar-refractivity contribution is -0.225. The summed E-state index contributed by atoms with van der Waals surface area (Å²) in [7, 11) is 0. The molecule has 1 saturated heterocycles. The van der Waals surface area contributed by atoms with Crippen molar-refractivity contribution in [2.45, 2.75) is 30.5 Å². The van der Waals surface area contributed by atoms with Crippen molar-refractivity contribution in [3.63, 3.8) is 0 Å². The van der Waals surface area contributed by atoms with Crippen LogP contribution in [0.15, 0.2) is 0 Å². The van der Waals surface area contributed by atoms with Gasteiger partial charge in [-0.15, -0.1) is 0 Å². The van der Waals surface area contributed by atoms with Crippen LogP contribution in [0.25, 0.3) is 0 Å². The lowest BCUT2D eigenvalue weighted by atomic mass is 9.95. The highest BCUT2D eigenvalue weighted by molar-refractivity contribution is 5.73. The second-order valence-electron chi connectivity index (χ2n) is 3.14. The molecule has 1 heterocycles. The predicted octanol–water partition coefficient (Wildman–Crippen LogP) is -3.12. The first kappa shape index (κ1) is 11.3. The predicted molar refractivity (Wildman–Crippen MR) is 43.4 cm³/mol. The molecular formula is C7H13NO6. The molecule has 7 heteroatoms. The molecule has 0 spiro atoms. The fourth-order valence-corrected chi connectivity index (χ4v) is 1.35. The van der Waals surface area contributed by atoms with Crippen LogP contribution in [0.5, 0.6) is 0 Å². The van der Waals surface area contributed by atoms with Crippen molar-refractivity contribution in [3.8, 4) is 0 Å². The first-order valence-electron chi connectivity index (χ1n) is 4.11. The van der Waals surface area contributed by atoms with Gasteiger partial charge in [-0.1, -0.05) is 0 Å². The second-order valence-corrected chi connectivity index (χ2v) is 3.14. The average molecular weight is 207 g/mol. The fraction of sp³-hybridized carbons (Fsp3) is 0.857. The standard InChI is InChI=1S/C7H13NO6/c8-1-2-3(9)4(10)5(11)6(14-2)7(12)13/h2-6,9-11H,1,8H2,(H,12,13)/t2-,3-,4+,5+,6-/m1/s1. The quantitative estimate of drug-likeness (QED) is 0.323. The van der Waals surface area contributed by atoms with E-state index in [1.54, 1.807) is 0 Å². The molecule has 6 N–H and O–H groups in total. The molecule has 14 heavy (non-hydrogen) atoms. The maximum absolute atomic E-state index is 10.6. The van der Waals surface area contributed by atoms with Crippen LogP contribution < -0.4 is 5.73 Å². The number of carbonyl (C=O) groups is 1. The van der Waals surface area contributed by atoms with Crippen molar-refractivity contribution in [2.75, 3.05) is 6.54 Å². The molecule has 1 fully saturated rings. The van der Waals surface area contributed by atoms with E-state index in [1.165, 1.54) is 0 Å². The molecule has 0 aromatic rings. The summed E-state index contributed by atoms with van der Waals surface area (Å²) in [6, 6.07) is 0. The van der Waals surface area contributed by atoms with Crippen LogP contribution in [0.1, 0.15) is 0 Å². The van der Waals surface area contributed by atoms with Gasteiger partial charge in [-0.2, -0.15) is 0 Å². The average Bonchev–Trinajstić information content (AvgIpc) is 2.14. The summed E-state index contributed by atoms with van der Waals surface area (Å²) < 4.78 is 4.81. The number of aliphatic hydroxyl groups is 3.